The smallest absolute Gasteiger partial charge is 0.373 e. The predicted molar refractivity (Wildman–Crippen MR) is 78.5 cm³/mol. The number of hydrogen-bond donors (Lipinski definition) is 1. The Morgan fingerprint density at radius 2 is 1.95 bits per heavy atom. The highest BCUT2D eigenvalue weighted by Gasteiger charge is 2.16. The highest BCUT2D eigenvalue weighted by atomic mass is 35.5. The molecule has 0 aliphatic rings. The molecule has 112 valence electrons. The second kappa shape index (κ2) is 6.37. The Bertz CT molecular complexity index is 649. The summed E-state index contributed by atoms with van der Waals surface area (Å²) >= 11 is 11.5. The molecule has 2 aromatic rings. The van der Waals surface area contributed by atoms with E-state index >= 15 is 0 Å². The lowest BCUT2D eigenvalue weighted by Gasteiger charge is -2.14. The molecule has 21 heavy (non-hydrogen) atoms. The number of halogens is 3. The molecule has 1 atom stereocenters. The molecule has 1 unspecified atom stereocenters. The van der Waals surface area contributed by atoms with E-state index in [0.29, 0.717) is 11.4 Å². The third-order valence-electron chi connectivity index (χ3n) is 2.81. The van der Waals surface area contributed by atoms with Crippen molar-refractivity contribution in [3.05, 3.63) is 51.6 Å². The topological polar surface area (TPSA) is 51.5 Å². The van der Waals surface area contributed by atoms with Crippen LogP contribution in [0.1, 0.15) is 29.3 Å². The lowest BCUT2D eigenvalue weighted by atomic mass is 10.2. The van der Waals surface area contributed by atoms with Gasteiger partial charge in [-0.15, -0.1) is 0 Å². The van der Waals surface area contributed by atoms with Crippen LogP contribution in [0.15, 0.2) is 28.7 Å². The lowest BCUT2D eigenvalue weighted by Crippen LogP contribution is -2.06. The molecule has 7 heteroatoms. The minimum atomic E-state index is -0.664. The number of ether oxygens (including phenoxy) is 1. The van der Waals surface area contributed by atoms with Crippen LogP contribution in [0, 0.1) is 5.82 Å². The first-order chi connectivity index (χ1) is 9.92. The number of benzene rings is 1. The second-order valence-electron chi connectivity index (χ2n) is 4.31. The molecule has 1 N–H and O–H groups in total. The molecule has 1 heterocycles. The molecule has 1 aromatic heterocycles. The van der Waals surface area contributed by atoms with Crippen LogP contribution in [-0.4, -0.2) is 13.1 Å². The third-order valence-corrected chi connectivity index (χ3v) is 3.36. The van der Waals surface area contributed by atoms with Crippen molar-refractivity contribution in [1.82, 2.24) is 0 Å². The fourth-order valence-electron chi connectivity index (χ4n) is 1.76. The average Bonchev–Trinajstić information content (AvgIpc) is 2.93. The van der Waals surface area contributed by atoms with E-state index in [0.717, 1.165) is 0 Å². The molecule has 0 fully saturated rings. The molecule has 0 radical (unpaired) electrons. The summed E-state index contributed by atoms with van der Waals surface area (Å²) in [5.41, 5.74) is 0.537. The Hall–Kier alpha value is -1.72. The van der Waals surface area contributed by atoms with Gasteiger partial charge < -0.3 is 14.5 Å². The van der Waals surface area contributed by atoms with E-state index in [1.807, 2.05) is 6.92 Å². The Labute approximate surface area is 130 Å². The molecule has 4 nitrogen and oxygen atoms in total. The fraction of sp³-hybridized carbons (Fsp3) is 0.214. The highest BCUT2D eigenvalue weighted by Crippen LogP contribution is 2.29. The number of anilines is 1. The molecular formula is C14H12Cl2FNO3. The SMILES string of the molecule is COC(=O)c1ccc(C(C)Nc2cc(Cl)c(F)c(Cl)c2)o1. The second-order valence-corrected chi connectivity index (χ2v) is 5.13. The van der Waals surface area contributed by atoms with Crippen molar-refractivity contribution >= 4 is 34.9 Å². The van der Waals surface area contributed by atoms with Crippen LogP contribution >= 0.6 is 23.2 Å². The maximum Gasteiger partial charge on any atom is 0.373 e. The zero-order valence-corrected chi connectivity index (χ0v) is 12.8. The van der Waals surface area contributed by atoms with E-state index in [9.17, 15) is 9.18 Å². The number of methoxy groups -OCH3 is 1. The lowest BCUT2D eigenvalue weighted by molar-refractivity contribution is 0.0562. The van der Waals surface area contributed by atoms with E-state index in [1.54, 1.807) is 6.07 Å². The maximum atomic E-state index is 13.3. The van der Waals surface area contributed by atoms with Crippen LogP contribution < -0.4 is 5.32 Å². The number of hydrogen-bond acceptors (Lipinski definition) is 4. The van der Waals surface area contributed by atoms with Gasteiger partial charge in [-0.2, -0.15) is 0 Å². The molecule has 0 saturated heterocycles. The summed E-state index contributed by atoms with van der Waals surface area (Å²) in [7, 11) is 1.27. The van der Waals surface area contributed by atoms with Gasteiger partial charge in [0.05, 0.1) is 23.2 Å². The van der Waals surface area contributed by atoms with Gasteiger partial charge in [0.2, 0.25) is 5.76 Å². The number of esters is 1. The van der Waals surface area contributed by atoms with E-state index in [1.165, 1.54) is 25.3 Å². The van der Waals surface area contributed by atoms with Crippen LogP contribution in [0.3, 0.4) is 0 Å². The van der Waals surface area contributed by atoms with E-state index in [-0.39, 0.29) is 21.8 Å². The minimum Gasteiger partial charge on any atom is -0.463 e. The molecule has 0 amide bonds. The van der Waals surface area contributed by atoms with Gasteiger partial charge in [-0.25, -0.2) is 9.18 Å². The zero-order chi connectivity index (χ0) is 15.6. The van der Waals surface area contributed by atoms with Gasteiger partial charge in [0.1, 0.15) is 5.76 Å². The minimum absolute atomic E-state index is 0.0769. The van der Waals surface area contributed by atoms with E-state index in [2.05, 4.69) is 10.1 Å². The summed E-state index contributed by atoms with van der Waals surface area (Å²) in [5, 5.41) is 2.90. The quantitative estimate of drug-likeness (QED) is 0.652. The van der Waals surface area contributed by atoms with Crippen molar-refractivity contribution in [1.29, 1.82) is 0 Å². The van der Waals surface area contributed by atoms with Crippen molar-refractivity contribution in [2.75, 3.05) is 12.4 Å². The molecule has 0 bridgehead atoms. The summed E-state index contributed by atoms with van der Waals surface area (Å²) in [5.74, 6) is -0.591. The standard InChI is InChI=1S/C14H12Cl2FNO3/c1-7(11-3-4-12(21-11)14(19)20-2)18-8-5-9(15)13(17)10(16)6-8/h3-7,18H,1-2H3. The van der Waals surface area contributed by atoms with Crippen molar-refractivity contribution < 1.29 is 18.3 Å². The van der Waals surface area contributed by atoms with E-state index < -0.39 is 11.8 Å². The number of nitrogens with one attached hydrogen (secondary N) is 1. The van der Waals surface area contributed by atoms with Crippen LogP contribution in [0.2, 0.25) is 10.0 Å². The number of rotatable bonds is 4. The number of carbonyl (C=O) groups is 1. The van der Waals surface area contributed by atoms with Crippen molar-refractivity contribution in [3.8, 4) is 0 Å². The van der Waals surface area contributed by atoms with Gasteiger partial charge in [-0.3, -0.25) is 0 Å². The molecule has 0 spiro atoms. The molecule has 0 aliphatic heterocycles. The largest absolute Gasteiger partial charge is 0.463 e. The Morgan fingerprint density at radius 3 is 2.52 bits per heavy atom. The van der Waals surface area contributed by atoms with Crippen LogP contribution in [-0.2, 0) is 4.74 Å². The van der Waals surface area contributed by atoms with Crippen molar-refractivity contribution in [3.63, 3.8) is 0 Å². The van der Waals surface area contributed by atoms with E-state index in [4.69, 9.17) is 27.6 Å². The number of carbonyl (C=O) groups excluding carboxylic acids is 1. The van der Waals surface area contributed by atoms with Crippen LogP contribution in [0.25, 0.3) is 0 Å². The summed E-state index contributed by atoms with van der Waals surface area (Å²) in [6.45, 7) is 1.81. The fourth-order valence-corrected chi connectivity index (χ4v) is 2.24. The van der Waals surface area contributed by atoms with Gasteiger partial charge in [0, 0.05) is 5.69 Å². The van der Waals surface area contributed by atoms with Crippen molar-refractivity contribution in [2.24, 2.45) is 0 Å². The summed E-state index contributed by atoms with van der Waals surface area (Å²) in [6, 6.07) is 5.73. The summed E-state index contributed by atoms with van der Waals surface area (Å²) in [6.07, 6.45) is 0. The maximum absolute atomic E-state index is 13.3. The van der Waals surface area contributed by atoms with Crippen molar-refractivity contribution in [2.45, 2.75) is 13.0 Å². The average molecular weight is 332 g/mol. The highest BCUT2D eigenvalue weighted by molar-refractivity contribution is 6.35. The molecule has 2 rings (SSSR count). The van der Waals surface area contributed by atoms with Crippen LogP contribution in [0.4, 0.5) is 10.1 Å². The number of furan rings is 1. The molecule has 0 saturated carbocycles. The van der Waals surface area contributed by atoms with Gasteiger partial charge in [-0.1, -0.05) is 23.2 Å². The Balaban J connectivity index is 2.16. The van der Waals surface area contributed by atoms with Gasteiger partial charge in [0.25, 0.3) is 0 Å². The van der Waals surface area contributed by atoms with Gasteiger partial charge in [0.15, 0.2) is 5.82 Å². The first-order valence-corrected chi connectivity index (χ1v) is 6.77. The zero-order valence-electron chi connectivity index (χ0n) is 11.2. The Morgan fingerprint density at radius 1 is 1.33 bits per heavy atom. The normalized spacial score (nSPS) is 12.0. The van der Waals surface area contributed by atoms with Crippen LogP contribution in [0.5, 0.6) is 0 Å². The van der Waals surface area contributed by atoms with Gasteiger partial charge >= 0.3 is 5.97 Å². The Kier molecular flexibility index (Phi) is 4.75. The molecular weight excluding hydrogens is 320 g/mol. The third kappa shape index (κ3) is 3.49. The monoisotopic (exact) mass is 331 g/mol. The van der Waals surface area contributed by atoms with Gasteiger partial charge in [-0.05, 0) is 31.2 Å². The summed E-state index contributed by atoms with van der Waals surface area (Å²) < 4.78 is 23.3. The molecule has 1 aromatic carbocycles. The first kappa shape index (κ1) is 15.7. The predicted octanol–water partition coefficient (Wildman–Crippen LogP) is 4.69. The molecule has 0 aliphatic carbocycles. The first-order valence-electron chi connectivity index (χ1n) is 6.01. The summed E-state index contributed by atoms with van der Waals surface area (Å²) in [4.78, 5) is 11.3.